The molecule has 8 rings (SSSR count). The smallest absolute Gasteiger partial charge is 0.481 e. The highest BCUT2D eigenvalue weighted by molar-refractivity contribution is 8.76. The van der Waals surface area contributed by atoms with Crippen LogP contribution in [0, 0.1) is 5.41 Å². The number of nitrogens with one attached hydrogen (secondary N) is 9. The van der Waals surface area contributed by atoms with Gasteiger partial charge in [0.2, 0.25) is 29.6 Å². The Kier molecular flexibility index (Phi) is 24.7. The molecule has 0 bridgehead atoms. The number of rotatable bonds is 34. The van der Waals surface area contributed by atoms with Gasteiger partial charge in [0.05, 0.1) is 60.3 Å². The Morgan fingerprint density at radius 1 is 0.800 bits per heavy atom. The first-order valence-corrected chi connectivity index (χ1v) is 33.1. The average Bonchev–Trinajstić information content (AvgIpc) is 1.52. The molecule has 6 aromatic rings. The van der Waals surface area contributed by atoms with Gasteiger partial charge in [-0.1, -0.05) is 35.4 Å². The lowest BCUT2D eigenvalue weighted by molar-refractivity contribution is -0.172. The van der Waals surface area contributed by atoms with Gasteiger partial charge in [0, 0.05) is 52.2 Å². The van der Waals surface area contributed by atoms with Crippen molar-refractivity contribution in [2.24, 2.45) is 5.73 Å². The van der Waals surface area contributed by atoms with E-state index in [9.17, 15) is 87.9 Å². The van der Waals surface area contributed by atoms with Gasteiger partial charge in [-0.15, -0.1) is 0 Å². The summed E-state index contributed by atoms with van der Waals surface area (Å²) in [5.41, 5.74) is 12.0. The Bertz CT molecular complexity index is 4370. The lowest BCUT2D eigenvalue weighted by Crippen LogP contribution is -2.58. The lowest BCUT2D eigenvalue weighted by atomic mass is 9.86. The third kappa shape index (κ3) is 18.6. The first-order chi connectivity index (χ1) is 47.6. The number of hydrogen-bond acceptors (Lipinski definition) is 26. The van der Waals surface area contributed by atoms with Crippen LogP contribution in [-0.4, -0.2) is 181 Å². The third-order valence-electron chi connectivity index (χ3n) is 15.7. The van der Waals surface area contributed by atoms with Crippen LogP contribution in [0.5, 0.6) is 5.75 Å². The predicted molar refractivity (Wildman–Crippen MR) is 354 cm³/mol. The molecule has 0 saturated heterocycles. The fourth-order valence-corrected chi connectivity index (χ4v) is 12.6. The summed E-state index contributed by atoms with van der Waals surface area (Å²) in [6, 6.07) is 2.89. The molecule has 530 valence electrons. The number of nitrogens with zero attached hydrogens (tertiary/aromatic N) is 5. The molecule has 0 saturated carbocycles. The van der Waals surface area contributed by atoms with Crippen molar-refractivity contribution in [1.29, 1.82) is 5.41 Å². The molecule has 0 aliphatic carbocycles. The zero-order valence-electron chi connectivity index (χ0n) is 53.2. The second-order valence-electron chi connectivity index (χ2n) is 22.5. The summed E-state index contributed by atoms with van der Waals surface area (Å²) in [5, 5.41) is 75.4. The van der Waals surface area contributed by atoms with Crippen molar-refractivity contribution in [2.75, 3.05) is 35.7 Å². The molecular weight excluding hydrogens is 1360 g/mol. The molecule has 18 N–H and O–H groups in total. The first-order valence-electron chi connectivity index (χ1n) is 30.6. The highest BCUT2D eigenvalue weighted by atomic mass is 33.1. The maximum absolute atomic E-state index is 13.9. The maximum Gasteiger partial charge on any atom is 0.513 e. The van der Waals surface area contributed by atoms with E-state index in [1.54, 1.807) is 25.1 Å². The van der Waals surface area contributed by atoms with Crippen LogP contribution in [0.4, 0.5) is 16.4 Å². The molecule has 0 fully saturated rings. The average molecular weight is 1430 g/mol. The summed E-state index contributed by atoms with van der Waals surface area (Å²) in [4.78, 5) is 187. The predicted octanol–water partition coefficient (Wildman–Crippen LogP) is -0.341. The van der Waals surface area contributed by atoms with Crippen molar-refractivity contribution in [2.45, 2.75) is 121 Å². The van der Waals surface area contributed by atoms with E-state index in [-0.39, 0.29) is 103 Å². The number of carboxylic acid groups (broad SMARTS) is 4. The van der Waals surface area contributed by atoms with Gasteiger partial charge >= 0.3 is 36.0 Å². The number of anilines is 2. The number of cyclic esters (lactones) is 1. The number of nitrogen functional groups attached to an aromatic ring is 1. The summed E-state index contributed by atoms with van der Waals surface area (Å²) in [7, 11) is 1.93. The van der Waals surface area contributed by atoms with E-state index in [4.69, 9.17) is 36.1 Å². The van der Waals surface area contributed by atoms with Gasteiger partial charge in [-0.25, -0.2) is 34.1 Å². The largest absolute Gasteiger partial charge is 0.513 e. The molecule has 0 spiro atoms. The number of aliphatic carboxylic acids is 4. The van der Waals surface area contributed by atoms with Crippen LogP contribution in [0.25, 0.3) is 33.5 Å². The summed E-state index contributed by atoms with van der Waals surface area (Å²) < 4.78 is 17.4. The molecule has 0 radical (unpaired) electrons. The minimum absolute atomic E-state index is 0.000309. The molecule has 37 nitrogen and oxygen atoms in total. The molecule has 2 aromatic carbocycles. The lowest BCUT2D eigenvalue weighted by Gasteiger charge is -2.31. The van der Waals surface area contributed by atoms with Gasteiger partial charge in [0.15, 0.2) is 22.7 Å². The first kappa shape index (κ1) is 74.3. The monoisotopic (exact) mass is 1420 g/mol. The molecule has 4 aromatic heterocycles. The number of amides is 5. The zero-order chi connectivity index (χ0) is 72.7. The number of hydrogen-bond donors (Lipinski definition) is 16. The number of carboxylic acids is 4. The number of benzene rings is 2. The van der Waals surface area contributed by atoms with Crippen LogP contribution < -0.4 is 64.5 Å². The Balaban J connectivity index is 0.812. The van der Waals surface area contributed by atoms with E-state index in [1.165, 1.54) is 41.1 Å². The zero-order valence-corrected chi connectivity index (χ0v) is 54.8. The number of aromatic amines is 1. The van der Waals surface area contributed by atoms with Crippen LogP contribution >= 0.6 is 21.6 Å². The Labute approximate surface area is 572 Å². The normalized spacial score (nSPS) is 15.0. The Morgan fingerprint density at radius 3 is 2.13 bits per heavy atom. The summed E-state index contributed by atoms with van der Waals surface area (Å²) in [5.74, 6) is -13.9. The van der Waals surface area contributed by atoms with Crippen molar-refractivity contribution < 1.29 is 92.5 Å². The maximum atomic E-state index is 13.9. The highest BCUT2D eigenvalue weighted by Crippen LogP contribution is 2.41. The number of aromatic nitrogens is 6. The molecule has 6 atom stereocenters. The van der Waals surface area contributed by atoms with Crippen molar-refractivity contribution in [3.8, 4) is 17.1 Å². The van der Waals surface area contributed by atoms with E-state index in [1.807, 2.05) is 6.92 Å². The van der Waals surface area contributed by atoms with Crippen LogP contribution in [0.3, 0.4) is 0 Å². The SMILES string of the molecule is CCc1c2c(nc3ccc(OC(=O)OCCSSC[C@H](NC(=O)[C@H](CC(=O)O)NC(=O)[C@H](CCCNC(=N)N)NC(=O)[C@H](CC(=O)O)NC(=O)CC[C@@H](NC(=O)c4ccc(NCc5cnc6nc(N)[nH]c(=O)c6n5)cc4)C(=O)O)C(=O)O)cc13)-c1cc3c(c(=O)n1C2)COC(=O)[C@]3(O)CC. The van der Waals surface area contributed by atoms with Crippen molar-refractivity contribution in [1.82, 2.24) is 61.4 Å². The number of aryl methyl sites for hydroxylation is 1. The molecule has 39 heteroatoms. The van der Waals surface area contributed by atoms with Crippen molar-refractivity contribution in [3.63, 3.8) is 0 Å². The van der Waals surface area contributed by atoms with Gasteiger partial charge in [0.1, 0.15) is 49.2 Å². The van der Waals surface area contributed by atoms with Gasteiger partial charge in [-0.3, -0.25) is 53.5 Å². The number of carbonyl (C=O) groups excluding carboxylic acids is 7. The summed E-state index contributed by atoms with van der Waals surface area (Å²) in [6.07, 6.45) is -3.21. The van der Waals surface area contributed by atoms with E-state index in [2.05, 4.69) is 57.2 Å². The topological polar surface area (TPSA) is 583 Å². The van der Waals surface area contributed by atoms with Gasteiger partial charge in [0.25, 0.3) is 17.0 Å². The van der Waals surface area contributed by atoms with E-state index in [0.717, 1.165) is 32.7 Å². The number of ether oxygens (including phenoxy) is 3. The van der Waals surface area contributed by atoms with Crippen molar-refractivity contribution in [3.05, 3.63) is 109 Å². The summed E-state index contributed by atoms with van der Waals surface area (Å²) >= 11 is 0. The minimum atomic E-state index is -2.01. The standard InChI is InChI=1S/C61H68N16O21S2/c1-3-31-32-18-30(11-12-36(32)70-46-33(31)24-77-42(46)19-35-34(54(77)88)25-97-57(93)61(35,95)4-2)98-60(94)96-16-17-99-100-26-41(56(91)92)74-52(86)40(21-45(81)82)73-50(84)37(6-5-15-65-58(62)63)71-51(85)39(20-44(79)80)69-43(78)14-13-38(55(89)90)72-49(83)27-7-9-28(10-8-27)66-22-29-23-67-48-47(68-29)53(87)76-59(64)75-48/h7-12,18-19,23,37-41,66,95H,3-6,13-17,20-22,24-26H2,1-2H3,(H,69,78)(H,71,85)(H,72,83)(H,73,84)(H,74,86)(H,79,80)(H,81,82)(H,89,90)(H,91,92)(H4,62,63,65)(H3,64,67,75,76,87)/t37-,38+,39-,40-,41-,61-/m0/s1. The number of H-pyrrole nitrogens is 1. The van der Waals surface area contributed by atoms with Gasteiger partial charge in [-0.2, -0.15) is 4.98 Å². The molecule has 100 heavy (non-hydrogen) atoms. The molecule has 0 unspecified atom stereocenters. The fraction of sp³-hybridized carbons (Fsp3) is 0.377. The number of nitrogens with two attached hydrogens (primary N) is 2. The van der Waals surface area contributed by atoms with E-state index in [0.29, 0.717) is 40.1 Å². The van der Waals surface area contributed by atoms with Crippen molar-refractivity contribution >= 4 is 127 Å². The molecule has 6 heterocycles. The van der Waals surface area contributed by atoms with Gasteiger partial charge < -0.3 is 93.0 Å². The number of esters is 1. The third-order valence-corrected chi connectivity index (χ3v) is 18.1. The number of fused-ring (bicyclic) bond motifs is 6. The van der Waals surface area contributed by atoms with Crippen LogP contribution in [-0.2, 0) is 84.3 Å². The second kappa shape index (κ2) is 33.2. The number of aliphatic hydroxyl groups is 1. The quantitative estimate of drug-likeness (QED) is 0.00613. The van der Waals surface area contributed by atoms with Crippen LogP contribution in [0.15, 0.2) is 64.3 Å². The molecule has 2 aliphatic heterocycles. The van der Waals surface area contributed by atoms with Crippen LogP contribution in [0.2, 0.25) is 0 Å². The number of guanidine groups is 1. The van der Waals surface area contributed by atoms with E-state index < -0.39 is 144 Å². The van der Waals surface area contributed by atoms with Gasteiger partial charge in [-0.05, 0) is 86.2 Å². The Morgan fingerprint density at radius 2 is 1.47 bits per heavy atom. The molecular formula is C61H68N16O21S2. The fourth-order valence-electron chi connectivity index (χ4n) is 10.7. The minimum Gasteiger partial charge on any atom is -0.481 e. The van der Waals surface area contributed by atoms with E-state index >= 15 is 0 Å². The highest BCUT2D eigenvalue weighted by Gasteiger charge is 2.46. The second-order valence-corrected chi connectivity index (χ2v) is 25.1. The van der Waals surface area contributed by atoms with Crippen LogP contribution in [0.1, 0.15) is 97.1 Å². The Hall–Kier alpha value is -11.5. The number of pyridine rings is 2. The molecule has 5 amide bonds. The number of carbonyl (C=O) groups is 11. The summed E-state index contributed by atoms with van der Waals surface area (Å²) in [6.45, 7) is 3.11. The molecule has 2 aliphatic rings.